The summed E-state index contributed by atoms with van der Waals surface area (Å²) in [5, 5.41) is 2.96. The number of hydrogen-bond acceptors (Lipinski definition) is 3. The van der Waals surface area contributed by atoms with E-state index in [0.29, 0.717) is 12.1 Å². The van der Waals surface area contributed by atoms with E-state index in [0.717, 1.165) is 22.9 Å². The monoisotopic (exact) mass is 388 g/mol. The molecule has 0 heterocycles. The molecular formula is C21H28N2O3S. The van der Waals surface area contributed by atoms with Gasteiger partial charge in [-0.2, -0.15) is 0 Å². The second-order valence-corrected chi connectivity index (χ2v) is 8.77. The molecule has 2 aromatic rings. The van der Waals surface area contributed by atoms with Crippen molar-refractivity contribution in [3.63, 3.8) is 0 Å². The van der Waals surface area contributed by atoms with Crippen molar-refractivity contribution in [3.8, 4) is 0 Å². The zero-order valence-corrected chi connectivity index (χ0v) is 17.4. The Morgan fingerprint density at radius 1 is 1.11 bits per heavy atom. The second-order valence-electron chi connectivity index (χ2n) is 6.91. The van der Waals surface area contributed by atoms with Gasteiger partial charge in [-0.3, -0.25) is 9.10 Å². The Kier molecular flexibility index (Phi) is 6.65. The van der Waals surface area contributed by atoms with Gasteiger partial charge in [0, 0.05) is 0 Å². The van der Waals surface area contributed by atoms with Crippen molar-refractivity contribution >= 4 is 21.6 Å². The highest BCUT2D eigenvalue weighted by Gasteiger charge is 2.33. The normalized spacial score (nSPS) is 13.7. The quantitative estimate of drug-likeness (QED) is 0.786. The SMILES string of the molecule is CCC(C(=O)N[C@H](C)c1ccccc1)N(c1cc(C)ccc1C)S(C)(=O)=O. The molecule has 0 radical (unpaired) electrons. The Hall–Kier alpha value is -2.34. The molecule has 6 heteroatoms. The fourth-order valence-corrected chi connectivity index (χ4v) is 4.39. The van der Waals surface area contributed by atoms with Crippen molar-refractivity contribution in [2.75, 3.05) is 10.6 Å². The van der Waals surface area contributed by atoms with Crippen molar-refractivity contribution < 1.29 is 13.2 Å². The highest BCUT2D eigenvalue weighted by atomic mass is 32.2. The van der Waals surface area contributed by atoms with Crippen LogP contribution in [0.4, 0.5) is 5.69 Å². The molecule has 5 nitrogen and oxygen atoms in total. The summed E-state index contributed by atoms with van der Waals surface area (Å²) in [5.41, 5.74) is 3.27. The molecule has 0 saturated heterocycles. The van der Waals surface area contributed by atoms with Crippen LogP contribution < -0.4 is 9.62 Å². The lowest BCUT2D eigenvalue weighted by molar-refractivity contribution is -0.122. The molecule has 27 heavy (non-hydrogen) atoms. The van der Waals surface area contributed by atoms with E-state index in [2.05, 4.69) is 5.32 Å². The van der Waals surface area contributed by atoms with E-state index in [1.54, 1.807) is 0 Å². The minimum absolute atomic E-state index is 0.215. The number of carbonyl (C=O) groups excluding carboxylic acids is 1. The third kappa shape index (κ3) is 5.10. The van der Waals surface area contributed by atoms with E-state index in [1.165, 1.54) is 4.31 Å². The van der Waals surface area contributed by atoms with E-state index in [-0.39, 0.29) is 11.9 Å². The van der Waals surface area contributed by atoms with E-state index in [9.17, 15) is 13.2 Å². The van der Waals surface area contributed by atoms with Gasteiger partial charge in [0.05, 0.1) is 18.0 Å². The minimum atomic E-state index is -3.64. The Morgan fingerprint density at radius 3 is 2.30 bits per heavy atom. The smallest absolute Gasteiger partial charge is 0.244 e. The summed E-state index contributed by atoms with van der Waals surface area (Å²) in [6, 6.07) is 14.2. The Balaban J connectivity index is 2.38. The first kappa shape index (κ1) is 21.0. The molecule has 0 fully saturated rings. The molecule has 0 aliphatic heterocycles. The molecule has 1 unspecified atom stereocenters. The second kappa shape index (κ2) is 8.57. The zero-order chi connectivity index (χ0) is 20.2. The summed E-state index contributed by atoms with van der Waals surface area (Å²) in [6.07, 6.45) is 1.51. The number of anilines is 1. The van der Waals surface area contributed by atoms with Crippen molar-refractivity contribution in [2.45, 2.75) is 46.2 Å². The zero-order valence-electron chi connectivity index (χ0n) is 16.6. The first-order valence-electron chi connectivity index (χ1n) is 9.07. The number of nitrogens with one attached hydrogen (secondary N) is 1. The summed E-state index contributed by atoms with van der Waals surface area (Å²) in [6.45, 7) is 7.47. The number of hydrogen-bond donors (Lipinski definition) is 1. The lowest BCUT2D eigenvalue weighted by Crippen LogP contribution is -2.50. The van der Waals surface area contributed by atoms with E-state index in [1.807, 2.05) is 76.2 Å². The summed E-state index contributed by atoms with van der Waals surface area (Å²) in [5.74, 6) is -0.305. The maximum absolute atomic E-state index is 13.0. The summed E-state index contributed by atoms with van der Waals surface area (Å²) in [7, 11) is -3.64. The van der Waals surface area contributed by atoms with Crippen LogP contribution in [0.3, 0.4) is 0 Å². The Labute approximate surface area is 162 Å². The molecule has 0 aliphatic carbocycles. The molecule has 2 rings (SSSR count). The maximum Gasteiger partial charge on any atom is 0.244 e. The molecule has 1 N–H and O–H groups in total. The van der Waals surface area contributed by atoms with Crippen LogP contribution >= 0.6 is 0 Å². The molecule has 0 aromatic heterocycles. The first-order chi connectivity index (χ1) is 12.6. The van der Waals surface area contributed by atoms with Crippen LogP contribution in [-0.2, 0) is 14.8 Å². The van der Waals surface area contributed by atoms with Crippen LogP contribution in [0.5, 0.6) is 0 Å². The minimum Gasteiger partial charge on any atom is -0.348 e. The molecule has 0 saturated carbocycles. The molecule has 146 valence electrons. The fraction of sp³-hybridized carbons (Fsp3) is 0.381. The van der Waals surface area contributed by atoms with Gasteiger partial charge in [0.15, 0.2) is 0 Å². The van der Waals surface area contributed by atoms with Gasteiger partial charge < -0.3 is 5.32 Å². The number of aryl methyl sites for hydroxylation is 2. The number of carbonyl (C=O) groups is 1. The third-order valence-electron chi connectivity index (χ3n) is 4.59. The molecule has 0 bridgehead atoms. The highest BCUT2D eigenvalue weighted by molar-refractivity contribution is 7.92. The first-order valence-corrected chi connectivity index (χ1v) is 10.9. The van der Waals surface area contributed by atoms with Crippen molar-refractivity contribution in [1.82, 2.24) is 5.32 Å². The Bertz CT molecular complexity index is 895. The van der Waals surface area contributed by atoms with Gasteiger partial charge in [-0.15, -0.1) is 0 Å². The van der Waals surface area contributed by atoms with Crippen molar-refractivity contribution in [1.29, 1.82) is 0 Å². The van der Waals surface area contributed by atoms with Crippen LogP contribution in [0.15, 0.2) is 48.5 Å². The average molecular weight is 389 g/mol. The van der Waals surface area contributed by atoms with E-state index in [4.69, 9.17) is 0 Å². The molecule has 2 atom stereocenters. The van der Waals surface area contributed by atoms with Crippen LogP contribution in [0, 0.1) is 13.8 Å². The lowest BCUT2D eigenvalue weighted by atomic mass is 10.1. The number of amides is 1. The van der Waals surface area contributed by atoms with Gasteiger partial charge in [-0.05, 0) is 49.9 Å². The maximum atomic E-state index is 13.0. The highest BCUT2D eigenvalue weighted by Crippen LogP contribution is 2.27. The van der Waals surface area contributed by atoms with Crippen molar-refractivity contribution in [2.24, 2.45) is 0 Å². The summed E-state index contributed by atoms with van der Waals surface area (Å²) >= 11 is 0. The van der Waals surface area contributed by atoms with E-state index >= 15 is 0 Å². The van der Waals surface area contributed by atoms with Gasteiger partial charge >= 0.3 is 0 Å². The number of benzene rings is 2. The average Bonchev–Trinajstić information content (AvgIpc) is 2.61. The van der Waals surface area contributed by atoms with Crippen LogP contribution in [0.1, 0.15) is 43.0 Å². The standard InChI is InChI=1S/C21H28N2O3S/c1-6-19(21(24)22-17(4)18-10-8-7-9-11-18)23(27(5,25)26)20-14-15(2)12-13-16(20)3/h7-14,17,19H,6H2,1-5H3,(H,22,24)/t17-,19?/m1/s1. The molecule has 0 spiro atoms. The van der Waals surface area contributed by atoms with Crippen LogP contribution in [0.25, 0.3) is 0 Å². The predicted octanol–water partition coefficient (Wildman–Crippen LogP) is 3.73. The van der Waals surface area contributed by atoms with Gasteiger partial charge in [0.25, 0.3) is 0 Å². The molecular weight excluding hydrogens is 360 g/mol. The van der Waals surface area contributed by atoms with Crippen molar-refractivity contribution in [3.05, 3.63) is 65.2 Å². The fourth-order valence-electron chi connectivity index (χ4n) is 3.13. The summed E-state index contributed by atoms with van der Waals surface area (Å²) in [4.78, 5) is 13.0. The van der Waals surface area contributed by atoms with Crippen LogP contribution in [-0.4, -0.2) is 26.6 Å². The number of rotatable bonds is 7. The predicted molar refractivity (Wildman–Crippen MR) is 110 cm³/mol. The van der Waals surface area contributed by atoms with E-state index < -0.39 is 16.1 Å². The molecule has 0 aliphatic rings. The van der Waals surface area contributed by atoms with Gasteiger partial charge in [0.1, 0.15) is 6.04 Å². The molecule has 2 aromatic carbocycles. The number of sulfonamides is 1. The van der Waals surface area contributed by atoms with Gasteiger partial charge in [0.2, 0.25) is 15.9 Å². The van der Waals surface area contributed by atoms with Gasteiger partial charge in [-0.25, -0.2) is 8.42 Å². The lowest BCUT2D eigenvalue weighted by Gasteiger charge is -2.32. The summed E-state index contributed by atoms with van der Waals surface area (Å²) < 4.78 is 26.5. The largest absolute Gasteiger partial charge is 0.348 e. The Morgan fingerprint density at radius 2 is 1.74 bits per heavy atom. The van der Waals surface area contributed by atoms with Gasteiger partial charge in [-0.1, -0.05) is 49.4 Å². The molecule has 1 amide bonds. The third-order valence-corrected chi connectivity index (χ3v) is 5.76. The number of nitrogens with zero attached hydrogens (tertiary/aromatic N) is 1. The van der Waals surface area contributed by atoms with Crippen LogP contribution in [0.2, 0.25) is 0 Å². The topological polar surface area (TPSA) is 66.5 Å².